The number of hydrogen-bond donors (Lipinski definition) is 1. The molecule has 1 saturated heterocycles. The summed E-state index contributed by atoms with van der Waals surface area (Å²) >= 11 is 0. The first-order chi connectivity index (χ1) is 8.55. The molecule has 0 radical (unpaired) electrons. The van der Waals surface area contributed by atoms with Crippen LogP contribution in [0.25, 0.3) is 0 Å². The fourth-order valence-electron chi connectivity index (χ4n) is 2.37. The lowest BCUT2D eigenvalue weighted by Gasteiger charge is -2.27. The van der Waals surface area contributed by atoms with Crippen molar-refractivity contribution in [3.63, 3.8) is 0 Å². The van der Waals surface area contributed by atoms with Crippen LogP contribution in [0.3, 0.4) is 0 Å². The van der Waals surface area contributed by atoms with Crippen molar-refractivity contribution < 1.29 is 8.42 Å². The van der Waals surface area contributed by atoms with Crippen LogP contribution in [0.4, 0.5) is 0 Å². The molecular formula is C11H20N4O2S. The van der Waals surface area contributed by atoms with Crippen LogP contribution in [-0.2, 0) is 17.1 Å². The highest BCUT2D eigenvalue weighted by atomic mass is 32.2. The van der Waals surface area contributed by atoms with Gasteiger partial charge in [0, 0.05) is 32.4 Å². The van der Waals surface area contributed by atoms with E-state index in [0.717, 1.165) is 25.7 Å². The number of nitrogens with two attached hydrogens (primary N) is 1. The smallest absolute Gasteiger partial charge is 0.246 e. The molecule has 0 saturated carbocycles. The summed E-state index contributed by atoms with van der Waals surface area (Å²) in [5, 5.41) is 3.93. The van der Waals surface area contributed by atoms with Crippen LogP contribution in [0.1, 0.15) is 25.7 Å². The molecule has 0 amide bonds. The first kappa shape index (κ1) is 13.5. The minimum absolute atomic E-state index is 0.0855. The highest BCUT2D eigenvalue weighted by molar-refractivity contribution is 7.89. The second-order valence-corrected chi connectivity index (χ2v) is 6.59. The van der Waals surface area contributed by atoms with Gasteiger partial charge in [-0.2, -0.15) is 9.40 Å². The van der Waals surface area contributed by atoms with E-state index in [9.17, 15) is 8.42 Å². The molecule has 0 bridgehead atoms. The van der Waals surface area contributed by atoms with Crippen molar-refractivity contribution in [1.29, 1.82) is 0 Å². The van der Waals surface area contributed by atoms with E-state index in [0.29, 0.717) is 13.1 Å². The van der Waals surface area contributed by atoms with Crippen LogP contribution in [0.2, 0.25) is 0 Å². The molecule has 2 heterocycles. The summed E-state index contributed by atoms with van der Waals surface area (Å²) < 4.78 is 28.1. The Labute approximate surface area is 108 Å². The molecule has 2 N–H and O–H groups in total. The van der Waals surface area contributed by atoms with Gasteiger partial charge in [-0.15, -0.1) is 0 Å². The SMILES string of the molecule is Cn1cc(S(=O)(=O)N2CCCCCC2CN)cn1. The van der Waals surface area contributed by atoms with Crippen molar-refractivity contribution in [2.45, 2.75) is 36.6 Å². The summed E-state index contributed by atoms with van der Waals surface area (Å²) in [6, 6.07) is -0.0855. The number of aromatic nitrogens is 2. The van der Waals surface area contributed by atoms with Crippen molar-refractivity contribution >= 4 is 10.0 Å². The first-order valence-electron chi connectivity index (χ1n) is 6.26. The van der Waals surface area contributed by atoms with Gasteiger partial charge in [0.15, 0.2) is 0 Å². The Kier molecular flexibility index (Phi) is 4.04. The van der Waals surface area contributed by atoms with Crippen LogP contribution >= 0.6 is 0 Å². The Balaban J connectivity index is 2.32. The van der Waals surface area contributed by atoms with Gasteiger partial charge in [-0.3, -0.25) is 4.68 Å². The molecule has 7 heteroatoms. The molecule has 1 atom stereocenters. The minimum Gasteiger partial charge on any atom is -0.329 e. The predicted octanol–water partition coefficient (Wildman–Crippen LogP) is 0.312. The molecule has 1 aromatic rings. The van der Waals surface area contributed by atoms with Crippen LogP contribution in [0.5, 0.6) is 0 Å². The van der Waals surface area contributed by atoms with Gasteiger partial charge in [0.05, 0.1) is 6.20 Å². The number of sulfonamides is 1. The molecular weight excluding hydrogens is 252 g/mol. The van der Waals surface area contributed by atoms with Gasteiger partial charge in [0.2, 0.25) is 10.0 Å². The Morgan fingerprint density at radius 2 is 2.22 bits per heavy atom. The third kappa shape index (κ3) is 2.57. The van der Waals surface area contributed by atoms with E-state index < -0.39 is 10.0 Å². The molecule has 0 aromatic carbocycles. The summed E-state index contributed by atoms with van der Waals surface area (Å²) in [4.78, 5) is 0.255. The third-order valence-corrected chi connectivity index (χ3v) is 5.29. The lowest BCUT2D eigenvalue weighted by molar-refractivity contribution is 0.328. The molecule has 102 valence electrons. The van der Waals surface area contributed by atoms with Crippen molar-refractivity contribution in [3.8, 4) is 0 Å². The van der Waals surface area contributed by atoms with Crippen LogP contribution in [0.15, 0.2) is 17.3 Å². The largest absolute Gasteiger partial charge is 0.329 e. The zero-order chi connectivity index (χ0) is 13.2. The Bertz CT molecular complexity index is 497. The molecule has 18 heavy (non-hydrogen) atoms. The van der Waals surface area contributed by atoms with Gasteiger partial charge in [0.1, 0.15) is 4.90 Å². The summed E-state index contributed by atoms with van der Waals surface area (Å²) in [5.41, 5.74) is 5.72. The second kappa shape index (κ2) is 5.38. The maximum Gasteiger partial charge on any atom is 0.246 e. The van der Waals surface area contributed by atoms with Crippen LogP contribution in [-0.4, -0.2) is 41.6 Å². The van der Waals surface area contributed by atoms with Gasteiger partial charge < -0.3 is 5.73 Å². The fraction of sp³-hybridized carbons (Fsp3) is 0.727. The normalized spacial score (nSPS) is 22.9. The lowest BCUT2D eigenvalue weighted by atomic mass is 10.1. The zero-order valence-corrected chi connectivity index (χ0v) is 11.4. The van der Waals surface area contributed by atoms with Crippen molar-refractivity contribution in [2.24, 2.45) is 12.8 Å². The van der Waals surface area contributed by atoms with Gasteiger partial charge in [-0.1, -0.05) is 12.8 Å². The molecule has 0 aliphatic carbocycles. The van der Waals surface area contributed by atoms with E-state index in [1.165, 1.54) is 17.1 Å². The van der Waals surface area contributed by atoms with E-state index >= 15 is 0 Å². The molecule has 1 fully saturated rings. The number of aryl methyl sites for hydroxylation is 1. The summed E-state index contributed by atoms with van der Waals surface area (Å²) in [7, 11) is -1.75. The zero-order valence-electron chi connectivity index (χ0n) is 10.6. The summed E-state index contributed by atoms with van der Waals surface area (Å²) in [6.07, 6.45) is 6.78. The van der Waals surface area contributed by atoms with Gasteiger partial charge in [-0.05, 0) is 12.8 Å². The Hall–Kier alpha value is -0.920. The molecule has 1 unspecified atom stereocenters. The molecule has 1 aromatic heterocycles. The molecule has 0 spiro atoms. The van der Waals surface area contributed by atoms with E-state index in [1.54, 1.807) is 11.4 Å². The molecule has 2 rings (SSSR count). The average Bonchev–Trinajstić information content (AvgIpc) is 2.65. The van der Waals surface area contributed by atoms with Crippen LogP contribution in [0, 0.1) is 0 Å². The highest BCUT2D eigenvalue weighted by Gasteiger charge is 2.32. The van der Waals surface area contributed by atoms with E-state index in [4.69, 9.17) is 5.73 Å². The minimum atomic E-state index is -3.46. The standard InChI is InChI=1S/C11H20N4O2S/c1-14-9-11(8-13-14)18(16,17)15-6-4-2-3-5-10(15)7-12/h8-10H,2-7,12H2,1H3. The quantitative estimate of drug-likeness (QED) is 0.858. The maximum atomic E-state index is 12.5. The second-order valence-electron chi connectivity index (χ2n) is 4.70. The van der Waals surface area contributed by atoms with Crippen molar-refractivity contribution in [2.75, 3.05) is 13.1 Å². The number of nitrogens with zero attached hydrogens (tertiary/aromatic N) is 3. The van der Waals surface area contributed by atoms with Crippen molar-refractivity contribution in [3.05, 3.63) is 12.4 Å². The highest BCUT2D eigenvalue weighted by Crippen LogP contribution is 2.23. The van der Waals surface area contributed by atoms with Gasteiger partial charge in [0.25, 0.3) is 0 Å². The monoisotopic (exact) mass is 272 g/mol. The van der Waals surface area contributed by atoms with E-state index in [-0.39, 0.29) is 10.9 Å². The summed E-state index contributed by atoms with van der Waals surface area (Å²) in [5.74, 6) is 0. The molecule has 1 aliphatic heterocycles. The molecule has 6 nitrogen and oxygen atoms in total. The molecule has 1 aliphatic rings. The maximum absolute atomic E-state index is 12.5. The van der Waals surface area contributed by atoms with E-state index in [2.05, 4.69) is 5.10 Å². The number of rotatable bonds is 3. The Morgan fingerprint density at radius 3 is 2.83 bits per heavy atom. The lowest BCUT2D eigenvalue weighted by Crippen LogP contribution is -2.43. The van der Waals surface area contributed by atoms with Gasteiger partial charge in [-0.25, -0.2) is 8.42 Å². The van der Waals surface area contributed by atoms with Gasteiger partial charge >= 0.3 is 0 Å². The van der Waals surface area contributed by atoms with Crippen LogP contribution < -0.4 is 5.73 Å². The predicted molar refractivity (Wildman–Crippen MR) is 68.4 cm³/mol. The number of hydrogen-bond acceptors (Lipinski definition) is 4. The third-order valence-electron chi connectivity index (χ3n) is 3.38. The summed E-state index contributed by atoms with van der Waals surface area (Å²) in [6.45, 7) is 0.929. The fourth-order valence-corrected chi connectivity index (χ4v) is 4.06. The van der Waals surface area contributed by atoms with E-state index in [1.807, 2.05) is 0 Å². The van der Waals surface area contributed by atoms with Crippen molar-refractivity contribution in [1.82, 2.24) is 14.1 Å². The first-order valence-corrected chi connectivity index (χ1v) is 7.70. The average molecular weight is 272 g/mol. The topological polar surface area (TPSA) is 81.2 Å². The Morgan fingerprint density at radius 1 is 1.44 bits per heavy atom.